The van der Waals surface area contributed by atoms with Gasteiger partial charge in [0, 0.05) is 26.5 Å². The normalized spacial score (nSPS) is 13.2. The first-order chi connectivity index (χ1) is 13.8. The molecule has 0 aliphatic carbocycles. The first-order valence-electron chi connectivity index (χ1n) is 9.05. The lowest BCUT2D eigenvalue weighted by atomic mass is 9.97. The van der Waals surface area contributed by atoms with Gasteiger partial charge < -0.3 is 0 Å². The smallest absolute Gasteiger partial charge is 0.154 e. The van der Waals surface area contributed by atoms with Crippen molar-refractivity contribution in [3.8, 4) is 0 Å². The minimum Gasteiger partial charge on any atom is -0.260 e. The topological polar surface area (TPSA) is 36.8 Å². The van der Waals surface area contributed by atoms with Crippen molar-refractivity contribution in [2.24, 2.45) is 10.1 Å². The molecule has 0 atom stereocenters. The second-order valence-electron chi connectivity index (χ2n) is 6.59. The lowest BCUT2D eigenvalue weighted by molar-refractivity contribution is 1.03. The Bertz CT molecular complexity index is 1230. The van der Waals surface area contributed by atoms with Crippen LogP contribution in [-0.4, -0.2) is 11.5 Å². The maximum Gasteiger partial charge on any atom is 0.154 e. The lowest BCUT2D eigenvalue weighted by Gasteiger charge is -2.10. The summed E-state index contributed by atoms with van der Waals surface area (Å²) in [4.78, 5) is 5.02. The number of hydrogen-bond acceptors (Lipinski definition) is 3. The van der Waals surface area contributed by atoms with Crippen LogP contribution >= 0.6 is 15.9 Å². The average molecular weight is 426 g/mol. The SMILES string of the molecule is Brc1ccc(C2=Nc3c(ccc4ccccc34)C(c3ccccc3)=NN2)cc1. The summed E-state index contributed by atoms with van der Waals surface area (Å²) in [5, 5.41) is 7.02. The zero-order valence-electron chi connectivity index (χ0n) is 14.9. The van der Waals surface area contributed by atoms with Crippen LogP contribution in [0.5, 0.6) is 0 Å². The van der Waals surface area contributed by atoms with Gasteiger partial charge in [-0.3, -0.25) is 5.43 Å². The molecule has 134 valence electrons. The number of nitrogens with zero attached hydrogens (tertiary/aromatic N) is 2. The van der Waals surface area contributed by atoms with Gasteiger partial charge in [-0.25, -0.2) is 4.99 Å². The first kappa shape index (κ1) is 16.9. The standard InChI is InChI=1S/C24H16BrN3/c25-19-13-10-18(11-14-19)24-26-23-20-9-5-4-6-16(20)12-15-21(23)22(27-28-24)17-7-2-1-3-8-17/h1-15H,(H,26,28). The van der Waals surface area contributed by atoms with Gasteiger partial charge in [-0.1, -0.05) is 88.7 Å². The van der Waals surface area contributed by atoms with Crippen molar-refractivity contribution in [3.63, 3.8) is 0 Å². The minimum atomic E-state index is 0.732. The van der Waals surface area contributed by atoms with E-state index in [-0.39, 0.29) is 0 Å². The zero-order valence-corrected chi connectivity index (χ0v) is 16.5. The van der Waals surface area contributed by atoms with Gasteiger partial charge in [0.1, 0.15) is 0 Å². The molecule has 0 unspecified atom stereocenters. The highest BCUT2D eigenvalue weighted by Gasteiger charge is 2.19. The number of amidine groups is 1. The van der Waals surface area contributed by atoms with Gasteiger partial charge in [0.25, 0.3) is 0 Å². The van der Waals surface area contributed by atoms with E-state index >= 15 is 0 Å². The molecule has 0 aromatic heterocycles. The Kier molecular flexibility index (Phi) is 4.26. The summed E-state index contributed by atoms with van der Waals surface area (Å²) in [6.45, 7) is 0. The Morgan fingerprint density at radius 2 is 1.43 bits per heavy atom. The Hall–Kier alpha value is -3.24. The van der Waals surface area contributed by atoms with Crippen molar-refractivity contribution in [2.45, 2.75) is 0 Å². The maximum absolute atomic E-state index is 5.02. The molecule has 3 nitrogen and oxygen atoms in total. The molecule has 1 aliphatic heterocycles. The summed E-state index contributed by atoms with van der Waals surface area (Å²) in [5.41, 5.74) is 8.08. The van der Waals surface area contributed by atoms with E-state index in [1.807, 2.05) is 42.5 Å². The highest BCUT2D eigenvalue weighted by Crippen LogP contribution is 2.33. The van der Waals surface area contributed by atoms with E-state index in [4.69, 9.17) is 10.1 Å². The number of halogens is 1. The summed E-state index contributed by atoms with van der Waals surface area (Å²) in [6, 6.07) is 30.9. The van der Waals surface area contributed by atoms with E-state index in [1.54, 1.807) is 0 Å². The number of fused-ring (bicyclic) bond motifs is 3. The Balaban J connectivity index is 1.77. The van der Waals surface area contributed by atoms with Gasteiger partial charge in [-0.15, -0.1) is 0 Å². The van der Waals surface area contributed by atoms with Crippen LogP contribution in [0.3, 0.4) is 0 Å². The van der Waals surface area contributed by atoms with Gasteiger partial charge >= 0.3 is 0 Å². The Morgan fingerprint density at radius 1 is 0.679 bits per heavy atom. The van der Waals surface area contributed by atoms with Crippen LogP contribution in [0, 0.1) is 0 Å². The number of nitrogens with one attached hydrogen (secondary N) is 1. The zero-order chi connectivity index (χ0) is 18.9. The summed E-state index contributed by atoms with van der Waals surface area (Å²) >= 11 is 3.50. The fourth-order valence-electron chi connectivity index (χ4n) is 3.43. The molecule has 0 radical (unpaired) electrons. The van der Waals surface area contributed by atoms with Crippen LogP contribution in [0.2, 0.25) is 0 Å². The highest BCUT2D eigenvalue weighted by molar-refractivity contribution is 9.10. The molecule has 0 bridgehead atoms. The van der Waals surface area contributed by atoms with Crippen molar-refractivity contribution < 1.29 is 0 Å². The monoisotopic (exact) mass is 425 g/mol. The van der Waals surface area contributed by atoms with Gasteiger partial charge in [0.05, 0.1) is 11.4 Å². The van der Waals surface area contributed by atoms with E-state index in [2.05, 4.69) is 69.9 Å². The average Bonchev–Trinajstić information content (AvgIpc) is 2.95. The van der Waals surface area contributed by atoms with Crippen LogP contribution in [-0.2, 0) is 0 Å². The van der Waals surface area contributed by atoms with E-state index in [0.29, 0.717) is 0 Å². The van der Waals surface area contributed by atoms with E-state index in [1.165, 1.54) is 0 Å². The van der Waals surface area contributed by atoms with Crippen molar-refractivity contribution in [3.05, 3.63) is 112 Å². The summed E-state index contributed by atoms with van der Waals surface area (Å²) in [5.74, 6) is 0.732. The molecule has 28 heavy (non-hydrogen) atoms. The largest absolute Gasteiger partial charge is 0.260 e. The molecule has 4 aromatic rings. The lowest BCUT2D eigenvalue weighted by Crippen LogP contribution is -2.19. The number of hydrogen-bond donors (Lipinski definition) is 1. The van der Waals surface area contributed by atoms with Gasteiger partial charge in [0.2, 0.25) is 0 Å². The van der Waals surface area contributed by atoms with Crippen molar-refractivity contribution in [1.82, 2.24) is 5.43 Å². The first-order valence-corrected chi connectivity index (χ1v) is 9.85. The predicted octanol–water partition coefficient (Wildman–Crippen LogP) is 6.04. The number of aliphatic imine (C=N–C) groups is 1. The van der Waals surface area contributed by atoms with E-state index < -0.39 is 0 Å². The molecule has 0 saturated heterocycles. The molecule has 4 heteroatoms. The van der Waals surface area contributed by atoms with Crippen molar-refractivity contribution in [1.29, 1.82) is 0 Å². The number of rotatable bonds is 2. The molecule has 0 spiro atoms. The summed E-state index contributed by atoms with van der Waals surface area (Å²) in [6.07, 6.45) is 0. The van der Waals surface area contributed by atoms with Crippen LogP contribution < -0.4 is 5.43 Å². The highest BCUT2D eigenvalue weighted by atomic mass is 79.9. The second-order valence-corrected chi connectivity index (χ2v) is 7.50. The van der Waals surface area contributed by atoms with Crippen LogP contribution in [0.25, 0.3) is 10.8 Å². The molecular weight excluding hydrogens is 410 g/mol. The molecule has 5 rings (SSSR count). The third kappa shape index (κ3) is 3.02. The molecule has 0 amide bonds. The van der Waals surface area contributed by atoms with Crippen molar-refractivity contribution in [2.75, 3.05) is 0 Å². The summed E-state index contributed by atoms with van der Waals surface area (Å²) < 4.78 is 1.03. The third-order valence-electron chi connectivity index (χ3n) is 4.82. The molecule has 4 aromatic carbocycles. The fourth-order valence-corrected chi connectivity index (χ4v) is 3.69. The molecule has 1 heterocycles. The van der Waals surface area contributed by atoms with E-state index in [9.17, 15) is 0 Å². The maximum atomic E-state index is 5.02. The predicted molar refractivity (Wildman–Crippen MR) is 120 cm³/mol. The molecule has 0 fully saturated rings. The van der Waals surface area contributed by atoms with Gasteiger partial charge in [0.15, 0.2) is 5.84 Å². The fraction of sp³-hybridized carbons (Fsp3) is 0. The second kappa shape index (κ2) is 7.06. The third-order valence-corrected chi connectivity index (χ3v) is 5.35. The Morgan fingerprint density at radius 3 is 2.25 bits per heavy atom. The van der Waals surface area contributed by atoms with Gasteiger partial charge in [-0.05, 0) is 23.6 Å². The van der Waals surface area contributed by atoms with Crippen LogP contribution in [0.1, 0.15) is 16.7 Å². The minimum absolute atomic E-state index is 0.732. The number of benzene rings is 4. The number of hydrazone groups is 1. The Labute approximate surface area is 171 Å². The van der Waals surface area contributed by atoms with Crippen LogP contribution in [0.15, 0.2) is 106 Å². The molecule has 1 N–H and O–H groups in total. The van der Waals surface area contributed by atoms with E-state index in [0.717, 1.165) is 49.2 Å². The molecule has 1 aliphatic rings. The summed E-state index contributed by atoms with van der Waals surface area (Å²) in [7, 11) is 0. The van der Waals surface area contributed by atoms with Gasteiger partial charge in [-0.2, -0.15) is 5.10 Å². The quantitative estimate of drug-likeness (QED) is 0.417. The van der Waals surface area contributed by atoms with Crippen molar-refractivity contribution >= 4 is 43.9 Å². The molecule has 0 saturated carbocycles. The van der Waals surface area contributed by atoms with Crippen LogP contribution in [0.4, 0.5) is 5.69 Å². The molecular formula is C24H16BrN3.